The van der Waals surface area contributed by atoms with E-state index < -0.39 is 12.6 Å². The van der Waals surface area contributed by atoms with E-state index in [-0.39, 0.29) is 11.3 Å². The Hall–Kier alpha value is -3.02. The first kappa shape index (κ1) is 20.7. The van der Waals surface area contributed by atoms with Crippen molar-refractivity contribution in [2.45, 2.75) is 32.1 Å². The maximum absolute atomic E-state index is 13.2. The van der Waals surface area contributed by atoms with Crippen molar-refractivity contribution < 1.29 is 24.2 Å². The summed E-state index contributed by atoms with van der Waals surface area (Å²) in [4.78, 5) is 25.9. The van der Waals surface area contributed by atoms with Gasteiger partial charge in [-0.15, -0.1) is 0 Å². The van der Waals surface area contributed by atoms with Crippen LogP contribution in [0.25, 0.3) is 0 Å². The summed E-state index contributed by atoms with van der Waals surface area (Å²) in [6.07, 6.45) is 1.97. The van der Waals surface area contributed by atoms with E-state index in [4.69, 9.17) is 14.6 Å². The first-order valence-electron chi connectivity index (χ1n) is 9.89. The van der Waals surface area contributed by atoms with Crippen molar-refractivity contribution >= 4 is 11.9 Å². The summed E-state index contributed by atoms with van der Waals surface area (Å²) < 4.78 is 10.8. The molecule has 0 saturated carbocycles. The van der Waals surface area contributed by atoms with Crippen LogP contribution in [0.1, 0.15) is 42.6 Å². The number of hydrogen-bond donors (Lipinski definition) is 1. The molecular formula is C23H27NO5. The number of carboxylic acids is 1. The van der Waals surface area contributed by atoms with E-state index in [1.165, 1.54) is 5.56 Å². The highest BCUT2D eigenvalue weighted by Crippen LogP contribution is 2.35. The van der Waals surface area contributed by atoms with Gasteiger partial charge in [-0.05, 0) is 43.5 Å². The highest BCUT2D eigenvalue weighted by molar-refractivity contribution is 5.95. The molecule has 154 valence electrons. The van der Waals surface area contributed by atoms with E-state index >= 15 is 0 Å². The van der Waals surface area contributed by atoms with Crippen molar-refractivity contribution in [2.75, 3.05) is 26.3 Å². The predicted molar refractivity (Wildman–Crippen MR) is 110 cm³/mol. The van der Waals surface area contributed by atoms with Crippen molar-refractivity contribution in [3.8, 4) is 11.5 Å². The van der Waals surface area contributed by atoms with Crippen molar-refractivity contribution in [3.05, 3.63) is 59.7 Å². The number of rotatable bonds is 7. The molecule has 1 atom stereocenters. The molecule has 1 unspecified atom stereocenters. The van der Waals surface area contributed by atoms with E-state index in [9.17, 15) is 9.59 Å². The molecule has 1 amide bonds. The quantitative estimate of drug-likeness (QED) is 0.770. The van der Waals surface area contributed by atoms with Crippen LogP contribution in [0, 0.1) is 0 Å². The van der Waals surface area contributed by atoms with Crippen LogP contribution < -0.4 is 9.47 Å². The van der Waals surface area contributed by atoms with Gasteiger partial charge in [0.1, 0.15) is 0 Å². The fourth-order valence-corrected chi connectivity index (χ4v) is 3.84. The Morgan fingerprint density at radius 3 is 2.55 bits per heavy atom. The zero-order chi connectivity index (χ0) is 20.9. The number of piperidine rings is 1. The fourth-order valence-electron chi connectivity index (χ4n) is 3.84. The lowest BCUT2D eigenvalue weighted by molar-refractivity contribution is -0.139. The molecule has 0 aliphatic carbocycles. The van der Waals surface area contributed by atoms with E-state index in [0.29, 0.717) is 36.8 Å². The molecule has 1 N–H and O–H groups in total. The molecule has 1 saturated heterocycles. The van der Waals surface area contributed by atoms with Gasteiger partial charge in [-0.25, -0.2) is 4.79 Å². The van der Waals surface area contributed by atoms with Crippen LogP contribution in [0.2, 0.25) is 0 Å². The smallest absolute Gasteiger partial charge is 0.341 e. The zero-order valence-corrected chi connectivity index (χ0v) is 16.9. The maximum Gasteiger partial charge on any atom is 0.341 e. The highest BCUT2D eigenvalue weighted by Gasteiger charge is 2.35. The molecule has 1 heterocycles. The topological polar surface area (TPSA) is 76.1 Å². The zero-order valence-electron chi connectivity index (χ0n) is 16.9. The molecule has 6 heteroatoms. The monoisotopic (exact) mass is 397 g/mol. The number of amides is 1. The number of benzene rings is 2. The van der Waals surface area contributed by atoms with Crippen LogP contribution in [0.15, 0.2) is 48.5 Å². The van der Waals surface area contributed by atoms with Gasteiger partial charge in [0.25, 0.3) is 5.91 Å². The summed E-state index contributed by atoms with van der Waals surface area (Å²) in [5.41, 5.74) is 1.67. The Labute approximate surface area is 171 Å². The first-order chi connectivity index (χ1) is 13.9. The number of likely N-dealkylation sites (tertiary alicyclic amines) is 1. The van der Waals surface area contributed by atoms with Crippen LogP contribution in [0.3, 0.4) is 0 Å². The normalized spacial score (nSPS) is 18.9. The van der Waals surface area contributed by atoms with E-state index in [1.54, 1.807) is 18.2 Å². The molecule has 1 fully saturated rings. The molecule has 2 aromatic rings. The lowest BCUT2D eigenvalue weighted by atomic mass is 9.76. The van der Waals surface area contributed by atoms with Gasteiger partial charge in [-0.1, -0.05) is 37.3 Å². The van der Waals surface area contributed by atoms with E-state index in [2.05, 4.69) is 19.1 Å². The second kappa shape index (κ2) is 8.99. The largest absolute Gasteiger partial charge is 0.490 e. The lowest BCUT2D eigenvalue weighted by Gasteiger charge is -2.41. The fraction of sp³-hybridized carbons (Fsp3) is 0.391. The second-order valence-electron chi connectivity index (χ2n) is 7.53. The maximum atomic E-state index is 13.2. The summed E-state index contributed by atoms with van der Waals surface area (Å²) in [6, 6.07) is 15.2. The number of nitrogens with zero attached hydrogens (tertiary/aromatic N) is 1. The number of hydrogen-bond acceptors (Lipinski definition) is 4. The molecule has 1 aliphatic heterocycles. The van der Waals surface area contributed by atoms with Gasteiger partial charge in [-0.3, -0.25) is 4.79 Å². The number of carbonyl (C=O) groups excluding carboxylic acids is 1. The van der Waals surface area contributed by atoms with E-state index in [1.807, 2.05) is 30.0 Å². The average Bonchev–Trinajstić information content (AvgIpc) is 2.73. The van der Waals surface area contributed by atoms with Gasteiger partial charge in [0.2, 0.25) is 0 Å². The van der Waals surface area contributed by atoms with Gasteiger partial charge in [-0.2, -0.15) is 0 Å². The number of carbonyl (C=O) groups is 2. The summed E-state index contributed by atoms with van der Waals surface area (Å²) >= 11 is 0. The minimum absolute atomic E-state index is 0.0578. The van der Waals surface area contributed by atoms with Crippen molar-refractivity contribution in [3.63, 3.8) is 0 Å². The molecule has 29 heavy (non-hydrogen) atoms. The van der Waals surface area contributed by atoms with Gasteiger partial charge >= 0.3 is 5.97 Å². The third kappa shape index (κ3) is 4.88. The number of carboxylic acid groups (broad SMARTS) is 1. The Balaban J connectivity index is 1.80. The van der Waals surface area contributed by atoms with E-state index in [0.717, 1.165) is 12.8 Å². The van der Waals surface area contributed by atoms with Crippen LogP contribution in [-0.4, -0.2) is 48.2 Å². The molecular weight excluding hydrogens is 370 g/mol. The summed E-state index contributed by atoms with van der Waals surface area (Å²) in [5, 5.41) is 8.83. The predicted octanol–water partition coefficient (Wildman–Crippen LogP) is 3.74. The minimum Gasteiger partial charge on any atom is -0.490 e. The summed E-state index contributed by atoms with van der Waals surface area (Å²) in [5.74, 6) is -0.431. The molecule has 3 rings (SSSR count). The summed E-state index contributed by atoms with van der Waals surface area (Å²) in [7, 11) is 0. The Kier molecular flexibility index (Phi) is 6.42. The molecule has 0 spiro atoms. The van der Waals surface area contributed by atoms with Gasteiger partial charge in [0.15, 0.2) is 18.1 Å². The van der Waals surface area contributed by atoms with Crippen molar-refractivity contribution in [2.24, 2.45) is 0 Å². The van der Waals surface area contributed by atoms with Gasteiger partial charge in [0.05, 0.1) is 6.61 Å². The minimum atomic E-state index is -1.07. The SMILES string of the molecule is CCOc1cc(C(=O)N2CCCC(C)(c3ccccc3)C2)ccc1OCC(=O)O. The Bertz CT molecular complexity index is 867. The molecule has 1 aliphatic rings. The van der Waals surface area contributed by atoms with Crippen molar-refractivity contribution in [1.82, 2.24) is 4.90 Å². The number of aliphatic carboxylic acids is 1. The number of ether oxygens (including phenoxy) is 2. The molecule has 0 aromatic heterocycles. The standard InChI is InChI=1S/C23H27NO5/c1-3-28-20-14-17(10-11-19(20)29-15-21(25)26)22(27)24-13-7-12-23(2,16-24)18-8-5-4-6-9-18/h4-6,8-11,14H,3,7,12-13,15-16H2,1-2H3,(H,25,26). The van der Waals surface area contributed by atoms with Crippen LogP contribution in [0.5, 0.6) is 11.5 Å². The average molecular weight is 397 g/mol. The second-order valence-corrected chi connectivity index (χ2v) is 7.53. The van der Waals surface area contributed by atoms with Crippen LogP contribution in [0.4, 0.5) is 0 Å². The van der Waals surface area contributed by atoms with Gasteiger partial charge in [0, 0.05) is 24.1 Å². The van der Waals surface area contributed by atoms with Gasteiger partial charge < -0.3 is 19.5 Å². The summed E-state index contributed by atoms with van der Waals surface area (Å²) in [6.45, 7) is 5.31. The molecule has 2 aromatic carbocycles. The highest BCUT2D eigenvalue weighted by atomic mass is 16.5. The molecule has 0 radical (unpaired) electrons. The Morgan fingerprint density at radius 1 is 1.10 bits per heavy atom. The molecule has 0 bridgehead atoms. The third-order valence-electron chi connectivity index (χ3n) is 5.30. The Morgan fingerprint density at radius 2 is 1.86 bits per heavy atom. The lowest BCUT2D eigenvalue weighted by Crippen LogP contribution is -2.47. The van der Waals surface area contributed by atoms with Crippen LogP contribution >= 0.6 is 0 Å². The van der Waals surface area contributed by atoms with Crippen LogP contribution in [-0.2, 0) is 10.2 Å². The molecule has 6 nitrogen and oxygen atoms in total. The third-order valence-corrected chi connectivity index (χ3v) is 5.30. The van der Waals surface area contributed by atoms with Crippen molar-refractivity contribution in [1.29, 1.82) is 0 Å². The first-order valence-corrected chi connectivity index (χ1v) is 9.89.